The maximum atomic E-state index is 12.3. The number of carbonyl (C=O) groups excluding carboxylic acids is 1. The summed E-state index contributed by atoms with van der Waals surface area (Å²) >= 11 is 0. The van der Waals surface area contributed by atoms with Gasteiger partial charge in [-0.2, -0.15) is 0 Å². The molecule has 0 aliphatic carbocycles. The Labute approximate surface area is 164 Å². The zero-order valence-electron chi connectivity index (χ0n) is 14.9. The second kappa shape index (κ2) is 7.69. The molecule has 0 fully saturated rings. The molecule has 0 atom stereocenters. The highest BCUT2D eigenvalue weighted by Gasteiger charge is 2.15. The Balaban J connectivity index is 1.60. The van der Waals surface area contributed by atoms with E-state index in [1.165, 1.54) is 23.1 Å². The molecule has 1 amide bonds. The number of nitrogens with zero attached hydrogens (tertiary/aromatic N) is 5. The average Bonchev–Trinajstić information content (AvgIpc) is 3.25. The Hall–Kier alpha value is -4.40. The standard InChI is InChI=1S/C20H14N6O3/c27-19(13-4-7-21-8-5-13)23-14-2-1-3-15(10-14)26-12-18(24-25-26)17-11-22-9-6-16(17)20(28)29/h1-12H,(H,23,27)(H,28,29). The highest BCUT2D eigenvalue weighted by atomic mass is 16.4. The quantitative estimate of drug-likeness (QED) is 0.540. The van der Waals surface area contributed by atoms with E-state index in [0.717, 1.165) is 0 Å². The molecule has 9 nitrogen and oxygen atoms in total. The number of pyridine rings is 2. The third kappa shape index (κ3) is 3.83. The number of carboxylic acid groups (broad SMARTS) is 1. The lowest BCUT2D eigenvalue weighted by atomic mass is 10.1. The predicted molar refractivity (Wildman–Crippen MR) is 104 cm³/mol. The van der Waals surface area contributed by atoms with Crippen LogP contribution in [0.5, 0.6) is 0 Å². The number of benzene rings is 1. The number of carbonyl (C=O) groups is 2. The van der Waals surface area contributed by atoms with Crippen LogP contribution >= 0.6 is 0 Å². The fraction of sp³-hybridized carbons (Fsp3) is 0. The highest BCUT2D eigenvalue weighted by Crippen LogP contribution is 2.22. The van der Waals surface area contributed by atoms with Gasteiger partial charge < -0.3 is 10.4 Å². The topological polar surface area (TPSA) is 123 Å². The first kappa shape index (κ1) is 18.0. The Bertz CT molecular complexity index is 1190. The van der Waals surface area contributed by atoms with Gasteiger partial charge in [-0.15, -0.1) is 5.10 Å². The van der Waals surface area contributed by atoms with Crippen LogP contribution < -0.4 is 5.32 Å². The normalized spacial score (nSPS) is 10.5. The van der Waals surface area contributed by atoms with Crippen molar-refractivity contribution in [2.45, 2.75) is 0 Å². The van der Waals surface area contributed by atoms with E-state index < -0.39 is 5.97 Å². The molecule has 0 radical (unpaired) electrons. The number of hydrogen-bond acceptors (Lipinski definition) is 6. The number of rotatable bonds is 5. The molecule has 4 aromatic rings. The molecule has 3 aromatic heterocycles. The van der Waals surface area contributed by atoms with Gasteiger partial charge in [0.2, 0.25) is 0 Å². The summed E-state index contributed by atoms with van der Waals surface area (Å²) in [5.41, 5.74) is 2.55. The van der Waals surface area contributed by atoms with Crippen LogP contribution in [-0.2, 0) is 0 Å². The first-order chi connectivity index (χ1) is 14.1. The van der Waals surface area contributed by atoms with Crippen LogP contribution in [0.1, 0.15) is 20.7 Å². The lowest BCUT2D eigenvalue weighted by Crippen LogP contribution is -2.12. The van der Waals surface area contributed by atoms with Crippen molar-refractivity contribution in [2.24, 2.45) is 0 Å². The molecule has 0 aliphatic heterocycles. The summed E-state index contributed by atoms with van der Waals surface area (Å²) in [6.45, 7) is 0. The van der Waals surface area contributed by atoms with Crippen LogP contribution in [0, 0.1) is 0 Å². The Morgan fingerprint density at radius 2 is 1.79 bits per heavy atom. The average molecular weight is 386 g/mol. The van der Waals surface area contributed by atoms with Crippen LogP contribution in [-0.4, -0.2) is 41.9 Å². The van der Waals surface area contributed by atoms with E-state index in [1.54, 1.807) is 55.0 Å². The van der Waals surface area contributed by atoms with Gasteiger partial charge in [0.15, 0.2) is 0 Å². The van der Waals surface area contributed by atoms with Crippen molar-refractivity contribution >= 4 is 17.6 Å². The number of anilines is 1. The van der Waals surface area contributed by atoms with Crippen molar-refractivity contribution in [1.29, 1.82) is 0 Å². The molecule has 0 spiro atoms. The van der Waals surface area contributed by atoms with E-state index in [9.17, 15) is 14.7 Å². The number of carboxylic acids is 1. The summed E-state index contributed by atoms with van der Waals surface area (Å²) in [4.78, 5) is 31.6. The van der Waals surface area contributed by atoms with Gasteiger partial charge in [-0.3, -0.25) is 14.8 Å². The number of aromatic carboxylic acids is 1. The summed E-state index contributed by atoms with van der Waals surface area (Å²) in [5.74, 6) is -1.33. The first-order valence-electron chi connectivity index (χ1n) is 8.53. The molecule has 0 aliphatic rings. The van der Waals surface area contributed by atoms with Crippen LogP contribution in [0.25, 0.3) is 16.9 Å². The maximum Gasteiger partial charge on any atom is 0.336 e. The molecular weight excluding hydrogens is 372 g/mol. The Morgan fingerprint density at radius 1 is 1.00 bits per heavy atom. The molecule has 4 rings (SSSR count). The molecule has 3 heterocycles. The number of aromatic nitrogens is 5. The van der Waals surface area contributed by atoms with Crippen molar-refractivity contribution in [3.8, 4) is 16.9 Å². The molecular formula is C20H14N6O3. The van der Waals surface area contributed by atoms with E-state index in [1.807, 2.05) is 0 Å². The molecule has 29 heavy (non-hydrogen) atoms. The highest BCUT2D eigenvalue weighted by molar-refractivity contribution is 6.04. The monoisotopic (exact) mass is 386 g/mol. The molecule has 0 unspecified atom stereocenters. The van der Waals surface area contributed by atoms with E-state index in [0.29, 0.717) is 28.2 Å². The third-order valence-corrected chi connectivity index (χ3v) is 4.13. The Morgan fingerprint density at radius 3 is 2.59 bits per heavy atom. The van der Waals surface area contributed by atoms with Gasteiger partial charge in [-0.05, 0) is 36.4 Å². The number of amides is 1. The van der Waals surface area contributed by atoms with Gasteiger partial charge in [-0.1, -0.05) is 11.3 Å². The Kier molecular flexibility index (Phi) is 4.77. The fourth-order valence-electron chi connectivity index (χ4n) is 2.73. The van der Waals surface area contributed by atoms with Crippen molar-refractivity contribution < 1.29 is 14.7 Å². The minimum absolute atomic E-state index is 0.0883. The van der Waals surface area contributed by atoms with Crippen LogP contribution in [0.15, 0.2) is 73.4 Å². The lowest BCUT2D eigenvalue weighted by Gasteiger charge is -2.07. The second-order valence-corrected chi connectivity index (χ2v) is 6.02. The lowest BCUT2D eigenvalue weighted by molar-refractivity contribution is 0.0697. The van der Waals surface area contributed by atoms with Crippen molar-refractivity contribution in [3.63, 3.8) is 0 Å². The van der Waals surface area contributed by atoms with E-state index >= 15 is 0 Å². The SMILES string of the molecule is O=C(Nc1cccc(-n2cc(-c3cnccc3C(=O)O)nn2)c1)c1ccncc1. The summed E-state index contributed by atoms with van der Waals surface area (Å²) in [5, 5.41) is 20.3. The zero-order valence-corrected chi connectivity index (χ0v) is 14.9. The van der Waals surface area contributed by atoms with Crippen molar-refractivity contribution in [2.75, 3.05) is 5.32 Å². The third-order valence-electron chi connectivity index (χ3n) is 4.13. The smallest absolute Gasteiger partial charge is 0.336 e. The molecule has 0 saturated heterocycles. The van der Waals surface area contributed by atoms with Gasteiger partial charge in [0.25, 0.3) is 5.91 Å². The van der Waals surface area contributed by atoms with Crippen LogP contribution in [0.3, 0.4) is 0 Å². The van der Waals surface area contributed by atoms with Gasteiger partial charge in [-0.25, -0.2) is 9.48 Å². The largest absolute Gasteiger partial charge is 0.478 e. The number of nitrogens with one attached hydrogen (secondary N) is 1. The maximum absolute atomic E-state index is 12.3. The minimum Gasteiger partial charge on any atom is -0.478 e. The van der Waals surface area contributed by atoms with Gasteiger partial charge >= 0.3 is 5.97 Å². The molecule has 9 heteroatoms. The summed E-state index contributed by atoms with van der Waals surface area (Å²) in [6.07, 6.45) is 7.54. The molecule has 0 bridgehead atoms. The molecule has 2 N–H and O–H groups in total. The fourth-order valence-corrected chi connectivity index (χ4v) is 2.73. The van der Waals surface area contributed by atoms with Gasteiger partial charge in [0, 0.05) is 41.6 Å². The van der Waals surface area contributed by atoms with Gasteiger partial charge in [0.1, 0.15) is 5.69 Å². The first-order valence-corrected chi connectivity index (χ1v) is 8.53. The predicted octanol–water partition coefficient (Wildman–Crippen LogP) is 2.67. The summed E-state index contributed by atoms with van der Waals surface area (Å²) in [6, 6.07) is 11.7. The summed E-state index contributed by atoms with van der Waals surface area (Å²) in [7, 11) is 0. The van der Waals surface area contributed by atoms with Gasteiger partial charge in [0.05, 0.1) is 17.4 Å². The van der Waals surface area contributed by atoms with Crippen LogP contribution in [0.4, 0.5) is 5.69 Å². The van der Waals surface area contributed by atoms with Crippen LogP contribution in [0.2, 0.25) is 0 Å². The van der Waals surface area contributed by atoms with Crippen molar-refractivity contribution in [3.05, 3.63) is 84.6 Å². The summed E-state index contributed by atoms with van der Waals surface area (Å²) < 4.78 is 1.50. The second-order valence-electron chi connectivity index (χ2n) is 6.02. The van der Waals surface area contributed by atoms with E-state index in [-0.39, 0.29) is 11.5 Å². The van der Waals surface area contributed by atoms with E-state index in [2.05, 4.69) is 25.6 Å². The molecule has 142 valence electrons. The molecule has 1 aromatic carbocycles. The number of hydrogen-bond donors (Lipinski definition) is 2. The minimum atomic E-state index is -1.07. The zero-order chi connectivity index (χ0) is 20.2. The molecule has 0 saturated carbocycles. The van der Waals surface area contributed by atoms with Crippen molar-refractivity contribution in [1.82, 2.24) is 25.0 Å². The van der Waals surface area contributed by atoms with E-state index in [4.69, 9.17) is 0 Å².